The second-order valence-electron chi connectivity index (χ2n) is 6.29. The standard InChI is InChI=1S/C18H26N2O3/c1-3-18(23,4-2)12-19-16(21)10-9-14-11-13-7-5-6-8-15(13)20-17(14)22/h5-8,14,23H,3-4,9-12H2,1-2H3,(H,19,21)(H,20,22). The zero-order valence-electron chi connectivity index (χ0n) is 13.9. The van der Waals surface area contributed by atoms with Crippen LogP contribution in [0, 0.1) is 5.92 Å². The monoisotopic (exact) mass is 318 g/mol. The van der Waals surface area contributed by atoms with Gasteiger partial charge in [-0.25, -0.2) is 0 Å². The smallest absolute Gasteiger partial charge is 0.227 e. The van der Waals surface area contributed by atoms with Crippen molar-refractivity contribution in [3.8, 4) is 0 Å². The lowest BCUT2D eigenvalue weighted by Gasteiger charge is -2.26. The Bertz CT molecular complexity index is 567. The van der Waals surface area contributed by atoms with Crippen LogP contribution in [-0.2, 0) is 16.0 Å². The van der Waals surface area contributed by atoms with Gasteiger partial charge in [-0.15, -0.1) is 0 Å². The van der Waals surface area contributed by atoms with Gasteiger partial charge in [0.25, 0.3) is 0 Å². The maximum atomic E-state index is 12.1. The number of carbonyl (C=O) groups excluding carboxylic acids is 2. The van der Waals surface area contributed by atoms with Gasteiger partial charge in [-0.05, 0) is 37.3 Å². The van der Waals surface area contributed by atoms with Crippen molar-refractivity contribution >= 4 is 17.5 Å². The molecule has 126 valence electrons. The molecule has 1 heterocycles. The van der Waals surface area contributed by atoms with Crippen LogP contribution in [0.5, 0.6) is 0 Å². The molecule has 0 fully saturated rings. The number of amides is 2. The Balaban J connectivity index is 1.82. The lowest BCUT2D eigenvalue weighted by molar-refractivity contribution is -0.123. The van der Waals surface area contributed by atoms with Crippen molar-refractivity contribution in [2.45, 2.75) is 51.6 Å². The lowest BCUT2D eigenvalue weighted by Crippen LogP contribution is -2.42. The molecule has 0 bridgehead atoms. The van der Waals surface area contributed by atoms with Crippen LogP contribution in [0.25, 0.3) is 0 Å². The predicted octanol–water partition coefficient (Wildman–Crippen LogP) is 2.24. The van der Waals surface area contributed by atoms with Crippen molar-refractivity contribution in [1.82, 2.24) is 5.32 Å². The lowest BCUT2D eigenvalue weighted by atomic mass is 9.89. The topological polar surface area (TPSA) is 78.4 Å². The molecule has 0 saturated carbocycles. The molecule has 23 heavy (non-hydrogen) atoms. The van der Waals surface area contributed by atoms with Gasteiger partial charge in [0.05, 0.1) is 5.60 Å². The second-order valence-corrected chi connectivity index (χ2v) is 6.29. The van der Waals surface area contributed by atoms with Crippen LogP contribution in [0.4, 0.5) is 5.69 Å². The maximum Gasteiger partial charge on any atom is 0.227 e. The number of fused-ring (bicyclic) bond motifs is 1. The van der Waals surface area contributed by atoms with Crippen molar-refractivity contribution in [2.24, 2.45) is 5.92 Å². The highest BCUT2D eigenvalue weighted by Crippen LogP contribution is 2.27. The molecular formula is C18H26N2O3. The molecule has 0 saturated heterocycles. The van der Waals surface area contributed by atoms with E-state index in [4.69, 9.17) is 0 Å². The summed E-state index contributed by atoms with van der Waals surface area (Å²) in [5.74, 6) is -0.306. The molecule has 0 aliphatic carbocycles. The highest BCUT2D eigenvalue weighted by molar-refractivity contribution is 5.96. The SMILES string of the molecule is CCC(O)(CC)CNC(=O)CCC1Cc2ccccc2NC1=O. The van der Waals surface area contributed by atoms with E-state index >= 15 is 0 Å². The summed E-state index contributed by atoms with van der Waals surface area (Å²) in [5.41, 5.74) is 1.15. The third kappa shape index (κ3) is 4.55. The molecule has 1 unspecified atom stereocenters. The number of aliphatic hydroxyl groups is 1. The van der Waals surface area contributed by atoms with Gasteiger partial charge in [0, 0.05) is 24.6 Å². The molecule has 0 radical (unpaired) electrons. The van der Waals surface area contributed by atoms with E-state index in [1.807, 2.05) is 38.1 Å². The fraction of sp³-hybridized carbons (Fsp3) is 0.556. The first kappa shape index (κ1) is 17.5. The van der Waals surface area contributed by atoms with Gasteiger partial charge in [0.1, 0.15) is 0 Å². The number of benzene rings is 1. The molecule has 1 aliphatic heterocycles. The maximum absolute atomic E-state index is 12.1. The Hall–Kier alpha value is -1.88. The Labute approximate surface area is 137 Å². The summed E-state index contributed by atoms with van der Waals surface area (Å²) >= 11 is 0. The number of nitrogens with one attached hydrogen (secondary N) is 2. The van der Waals surface area contributed by atoms with Crippen LogP contribution in [0.2, 0.25) is 0 Å². The van der Waals surface area contributed by atoms with E-state index < -0.39 is 5.60 Å². The fourth-order valence-electron chi connectivity index (χ4n) is 2.80. The number of rotatable bonds is 7. The highest BCUT2D eigenvalue weighted by atomic mass is 16.3. The summed E-state index contributed by atoms with van der Waals surface area (Å²) < 4.78 is 0. The first-order valence-electron chi connectivity index (χ1n) is 8.35. The van der Waals surface area contributed by atoms with Crippen molar-refractivity contribution in [3.05, 3.63) is 29.8 Å². The normalized spacial score (nSPS) is 17.3. The summed E-state index contributed by atoms with van der Waals surface area (Å²) in [6.45, 7) is 4.07. The van der Waals surface area contributed by atoms with Crippen LogP contribution in [0.3, 0.4) is 0 Å². The van der Waals surface area contributed by atoms with E-state index in [2.05, 4.69) is 10.6 Å². The van der Waals surface area contributed by atoms with Gasteiger partial charge in [0.15, 0.2) is 0 Å². The fourth-order valence-corrected chi connectivity index (χ4v) is 2.80. The van der Waals surface area contributed by atoms with E-state index in [1.54, 1.807) is 0 Å². The molecule has 5 heteroatoms. The summed E-state index contributed by atoms with van der Waals surface area (Å²) in [6.07, 6.45) is 2.69. The van der Waals surface area contributed by atoms with E-state index in [1.165, 1.54) is 0 Å². The summed E-state index contributed by atoms with van der Waals surface area (Å²) in [5, 5.41) is 15.8. The zero-order chi connectivity index (χ0) is 16.9. The van der Waals surface area contributed by atoms with E-state index in [0.717, 1.165) is 11.3 Å². The number of hydrogen-bond acceptors (Lipinski definition) is 3. The predicted molar refractivity (Wildman–Crippen MR) is 90.0 cm³/mol. The van der Waals surface area contributed by atoms with Gasteiger partial charge in [0.2, 0.25) is 11.8 Å². The molecule has 1 aromatic rings. The number of hydrogen-bond donors (Lipinski definition) is 3. The van der Waals surface area contributed by atoms with Gasteiger partial charge in [-0.2, -0.15) is 0 Å². The van der Waals surface area contributed by atoms with Crippen LogP contribution < -0.4 is 10.6 Å². The average Bonchev–Trinajstić information content (AvgIpc) is 2.57. The minimum absolute atomic E-state index is 0.0184. The van der Waals surface area contributed by atoms with E-state index in [9.17, 15) is 14.7 Å². The van der Waals surface area contributed by atoms with E-state index in [0.29, 0.717) is 32.1 Å². The Morgan fingerprint density at radius 2 is 2.04 bits per heavy atom. The Kier molecular flexibility index (Phi) is 5.77. The molecule has 5 nitrogen and oxygen atoms in total. The van der Waals surface area contributed by atoms with E-state index in [-0.39, 0.29) is 24.3 Å². The summed E-state index contributed by atoms with van der Waals surface area (Å²) in [7, 11) is 0. The second kappa shape index (κ2) is 7.59. The summed E-state index contributed by atoms with van der Waals surface area (Å²) in [4.78, 5) is 24.1. The Morgan fingerprint density at radius 1 is 1.35 bits per heavy atom. The Morgan fingerprint density at radius 3 is 2.74 bits per heavy atom. The number of carbonyl (C=O) groups is 2. The quantitative estimate of drug-likeness (QED) is 0.721. The van der Waals surface area contributed by atoms with Gasteiger partial charge < -0.3 is 15.7 Å². The largest absolute Gasteiger partial charge is 0.388 e. The van der Waals surface area contributed by atoms with Gasteiger partial charge >= 0.3 is 0 Å². The minimum atomic E-state index is -0.836. The van der Waals surface area contributed by atoms with Crippen LogP contribution in [0.15, 0.2) is 24.3 Å². The molecule has 3 N–H and O–H groups in total. The van der Waals surface area contributed by atoms with Crippen LogP contribution >= 0.6 is 0 Å². The molecular weight excluding hydrogens is 292 g/mol. The molecule has 0 spiro atoms. The molecule has 2 rings (SSSR count). The molecule has 1 aliphatic rings. The summed E-state index contributed by atoms with van der Waals surface area (Å²) in [6, 6.07) is 7.75. The van der Waals surface area contributed by atoms with Crippen LogP contribution in [0.1, 0.15) is 45.1 Å². The first-order chi connectivity index (χ1) is 11.0. The van der Waals surface area contributed by atoms with Crippen molar-refractivity contribution in [3.63, 3.8) is 0 Å². The molecule has 0 aromatic heterocycles. The third-order valence-electron chi connectivity index (χ3n) is 4.76. The van der Waals surface area contributed by atoms with Crippen molar-refractivity contribution < 1.29 is 14.7 Å². The molecule has 1 aromatic carbocycles. The first-order valence-corrected chi connectivity index (χ1v) is 8.35. The zero-order valence-corrected chi connectivity index (χ0v) is 13.9. The van der Waals surface area contributed by atoms with Crippen molar-refractivity contribution in [1.29, 1.82) is 0 Å². The minimum Gasteiger partial charge on any atom is -0.388 e. The van der Waals surface area contributed by atoms with Gasteiger partial charge in [-0.3, -0.25) is 9.59 Å². The van der Waals surface area contributed by atoms with Gasteiger partial charge in [-0.1, -0.05) is 32.0 Å². The third-order valence-corrected chi connectivity index (χ3v) is 4.76. The average molecular weight is 318 g/mol. The van der Waals surface area contributed by atoms with Crippen molar-refractivity contribution in [2.75, 3.05) is 11.9 Å². The highest BCUT2D eigenvalue weighted by Gasteiger charge is 2.27. The molecule has 1 atom stereocenters. The number of para-hydroxylation sites is 1. The number of anilines is 1. The van der Waals surface area contributed by atoms with Crippen LogP contribution in [-0.4, -0.2) is 29.1 Å². The molecule has 2 amide bonds.